The van der Waals surface area contributed by atoms with Crippen LogP contribution in [0, 0.1) is 13.8 Å². The second-order valence-electron chi connectivity index (χ2n) is 4.64. The van der Waals surface area contributed by atoms with Crippen LogP contribution in [0.15, 0.2) is 60.8 Å². The Morgan fingerprint density at radius 2 is 1.56 bits per heavy atom. The highest BCUT2D eigenvalue weighted by Crippen LogP contribution is 2.21. The summed E-state index contributed by atoms with van der Waals surface area (Å²) in [5.41, 5.74) is 3.83. The Hall–Kier alpha value is -2.15. The largest absolute Gasteiger partial charge is 0.214 e. The normalized spacial score (nSPS) is 10.8. The molecule has 0 aliphatic carbocycles. The summed E-state index contributed by atoms with van der Waals surface area (Å²) in [6, 6.07) is 19.2. The third-order valence-electron chi connectivity index (χ3n) is 3.49. The number of benzene rings is 2. The van der Waals surface area contributed by atoms with Crippen LogP contribution in [-0.4, -0.2) is 0 Å². The fourth-order valence-electron chi connectivity index (χ4n) is 2.48. The molecule has 18 heavy (non-hydrogen) atoms. The van der Waals surface area contributed by atoms with E-state index in [0.717, 1.165) is 0 Å². The third kappa shape index (κ3) is 1.68. The summed E-state index contributed by atoms with van der Waals surface area (Å²) >= 11 is 0. The van der Waals surface area contributed by atoms with Gasteiger partial charge in [0.1, 0.15) is 0 Å². The molecular formula is C17H16N+. The van der Waals surface area contributed by atoms with E-state index in [-0.39, 0.29) is 0 Å². The van der Waals surface area contributed by atoms with Gasteiger partial charge >= 0.3 is 0 Å². The van der Waals surface area contributed by atoms with E-state index in [0.29, 0.717) is 0 Å². The lowest BCUT2D eigenvalue weighted by Gasteiger charge is -2.06. The Morgan fingerprint density at radius 3 is 2.39 bits per heavy atom. The minimum atomic E-state index is 1.25. The lowest BCUT2D eigenvalue weighted by molar-refractivity contribution is -0.603. The van der Waals surface area contributed by atoms with Crippen LogP contribution in [-0.2, 0) is 0 Å². The van der Waals surface area contributed by atoms with Crippen molar-refractivity contribution in [1.82, 2.24) is 0 Å². The van der Waals surface area contributed by atoms with Gasteiger partial charge in [-0.15, -0.1) is 0 Å². The van der Waals surface area contributed by atoms with Crippen molar-refractivity contribution in [3.63, 3.8) is 0 Å². The maximum atomic E-state index is 2.24. The zero-order valence-electron chi connectivity index (χ0n) is 10.7. The van der Waals surface area contributed by atoms with Crippen LogP contribution in [0.4, 0.5) is 0 Å². The molecule has 0 aliphatic heterocycles. The Bertz CT molecular complexity index is 714. The molecule has 0 N–H and O–H groups in total. The highest BCUT2D eigenvalue weighted by Gasteiger charge is 2.13. The van der Waals surface area contributed by atoms with Gasteiger partial charge < -0.3 is 0 Å². The molecule has 0 saturated heterocycles. The van der Waals surface area contributed by atoms with Gasteiger partial charge in [0.15, 0.2) is 11.9 Å². The first-order valence-electron chi connectivity index (χ1n) is 6.23. The van der Waals surface area contributed by atoms with Gasteiger partial charge in [0.2, 0.25) is 5.69 Å². The fourth-order valence-corrected chi connectivity index (χ4v) is 2.48. The molecule has 0 fully saturated rings. The van der Waals surface area contributed by atoms with Crippen molar-refractivity contribution in [2.45, 2.75) is 13.8 Å². The lowest BCUT2D eigenvalue weighted by Crippen LogP contribution is -2.34. The number of hydrogen-bond donors (Lipinski definition) is 0. The van der Waals surface area contributed by atoms with Crippen molar-refractivity contribution in [3.05, 3.63) is 72.1 Å². The van der Waals surface area contributed by atoms with Gasteiger partial charge in [-0.2, -0.15) is 4.57 Å². The molecular weight excluding hydrogens is 218 g/mol. The molecule has 1 heterocycles. The van der Waals surface area contributed by atoms with Gasteiger partial charge in [-0.25, -0.2) is 0 Å². The Labute approximate surface area is 107 Å². The molecule has 0 radical (unpaired) electrons. The van der Waals surface area contributed by atoms with Crippen LogP contribution in [0.5, 0.6) is 0 Å². The zero-order chi connectivity index (χ0) is 12.5. The fraction of sp³-hybridized carbons (Fsp3) is 0.118. The van der Waals surface area contributed by atoms with Crippen LogP contribution in [0.2, 0.25) is 0 Å². The number of nitrogens with zero attached hydrogens (tertiary/aromatic N) is 1. The van der Waals surface area contributed by atoms with Crippen molar-refractivity contribution in [2.75, 3.05) is 0 Å². The molecule has 1 aromatic heterocycles. The van der Waals surface area contributed by atoms with Gasteiger partial charge in [0.25, 0.3) is 0 Å². The first-order chi connectivity index (χ1) is 8.77. The third-order valence-corrected chi connectivity index (χ3v) is 3.49. The number of aryl methyl sites for hydroxylation is 2. The summed E-state index contributed by atoms with van der Waals surface area (Å²) in [4.78, 5) is 0. The van der Waals surface area contributed by atoms with E-state index in [1.165, 1.54) is 27.7 Å². The predicted octanol–water partition coefficient (Wildman–Crippen LogP) is 3.73. The molecule has 0 bridgehead atoms. The van der Waals surface area contributed by atoms with Crippen molar-refractivity contribution >= 4 is 10.8 Å². The number of pyridine rings is 1. The van der Waals surface area contributed by atoms with Gasteiger partial charge in [0.05, 0.1) is 0 Å². The first-order valence-corrected chi connectivity index (χ1v) is 6.23. The lowest BCUT2D eigenvalue weighted by atomic mass is 10.0. The second kappa shape index (κ2) is 4.26. The first kappa shape index (κ1) is 11.0. The zero-order valence-corrected chi connectivity index (χ0v) is 10.7. The van der Waals surface area contributed by atoms with Gasteiger partial charge in [-0.3, -0.25) is 0 Å². The molecule has 2 aromatic carbocycles. The van der Waals surface area contributed by atoms with E-state index in [4.69, 9.17) is 0 Å². The number of hydrogen-bond acceptors (Lipinski definition) is 0. The maximum Gasteiger partial charge on any atom is 0.214 e. The molecule has 3 aromatic rings. The standard InChI is InChI=1S/C17H16N/c1-13-7-5-6-12-18(13)17-11-10-15-8-3-4-9-16(15)14(17)2/h3-12H,1-2H3/q+1. The maximum absolute atomic E-state index is 2.24. The van der Waals surface area contributed by atoms with Crippen LogP contribution >= 0.6 is 0 Å². The van der Waals surface area contributed by atoms with Crippen molar-refractivity contribution in [3.8, 4) is 5.69 Å². The van der Waals surface area contributed by atoms with Crippen LogP contribution in [0.25, 0.3) is 16.5 Å². The predicted molar refractivity (Wildman–Crippen MR) is 75.0 cm³/mol. The highest BCUT2D eigenvalue weighted by atomic mass is 15.0. The summed E-state index contributed by atoms with van der Waals surface area (Å²) in [7, 11) is 0. The number of aromatic nitrogens is 1. The van der Waals surface area contributed by atoms with Crippen molar-refractivity contribution in [2.24, 2.45) is 0 Å². The minimum Gasteiger partial charge on any atom is -0.164 e. The Balaban J connectivity index is 2.31. The van der Waals surface area contributed by atoms with Crippen LogP contribution in [0.3, 0.4) is 0 Å². The molecule has 0 spiro atoms. The molecule has 1 heteroatoms. The summed E-state index contributed by atoms with van der Waals surface area (Å²) in [5.74, 6) is 0. The number of rotatable bonds is 1. The van der Waals surface area contributed by atoms with Crippen molar-refractivity contribution < 1.29 is 4.57 Å². The topological polar surface area (TPSA) is 3.88 Å². The molecule has 0 amide bonds. The molecule has 0 atom stereocenters. The average Bonchev–Trinajstić information content (AvgIpc) is 2.41. The quantitative estimate of drug-likeness (QED) is 0.565. The smallest absolute Gasteiger partial charge is 0.164 e. The van der Waals surface area contributed by atoms with E-state index in [1.54, 1.807) is 0 Å². The van der Waals surface area contributed by atoms with Crippen molar-refractivity contribution in [1.29, 1.82) is 0 Å². The molecule has 0 aliphatic rings. The Kier molecular flexibility index (Phi) is 2.60. The van der Waals surface area contributed by atoms with E-state index in [1.807, 2.05) is 0 Å². The Morgan fingerprint density at radius 1 is 0.778 bits per heavy atom. The van der Waals surface area contributed by atoms with E-state index in [9.17, 15) is 0 Å². The van der Waals surface area contributed by atoms with E-state index >= 15 is 0 Å². The molecule has 1 nitrogen and oxygen atoms in total. The van der Waals surface area contributed by atoms with E-state index < -0.39 is 0 Å². The SMILES string of the molecule is Cc1c(-[n+]2ccccc2C)ccc2ccccc12. The summed E-state index contributed by atoms with van der Waals surface area (Å²) in [6.07, 6.45) is 2.12. The van der Waals surface area contributed by atoms with Crippen LogP contribution < -0.4 is 4.57 Å². The average molecular weight is 234 g/mol. The second-order valence-corrected chi connectivity index (χ2v) is 4.64. The van der Waals surface area contributed by atoms with Crippen LogP contribution in [0.1, 0.15) is 11.3 Å². The highest BCUT2D eigenvalue weighted by molar-refractivity contribution is 5.87. The molecule has 0 saturated carbocycles. The van der Waals surface area contributed by atoms with Gasteiger partial charge in [0, 0.05) is 30.7 Å². The molecule has 3 rings (SSSR count). The molecule has 88 valence electrons. The number of fused-ring (bicyclic) bond motifs is 1. The van der Waals surface area contributed by atoms with Gasteiger partial charge in [-0.1, -0.05) is 30.3 Å². The summed E-state index contributed by atoms with van der Waals surface area (Å²) < 4.78 is 2.24. The summed E-state index contributed by atoms with van der Waals surface area (Å²) in [5, 5.41) is 2.62. The molecule has 0 unspecified atom stereocenters. The monoisotopic (exact) mass is 234 g/mol. The van der Waals surface area contributed by atoms with Gasteiger partial charge in [-0.05, 0) is 23.8 Å². The summed E-state index contributed by atoms with van der Waals surface area (Å²) in [6.45, 7) is 4.33. The van der Waals surface area contributed by atoms with E-state index in [2.05, 4.69) is 79.2 Å². The minimum absolute atomic E-state index is 1.25.